The van der Waals surface area contributed by atoms with Crippen LogP contribution in [0.3, 0.4) is 0 Å². The number of fused-ring (bicyclic) bond motifs is 1. The second-order valence-corrected chi connectivity index (χ2v) is 9.94. The summed E-state index contributed by atoms with van der Waals surface area (Å²) < 4.78 is 50.2. The van der Waals surface area contributed by atoms with Crippen molar-refractivity contribution in [3.63, 3.8) is 0 Å². The van der Waals surface area contributed by atoms with Crippen LogP contribution in [-0.2, 0) is 15.0 Å². The standard InChI is InChI=1S/C27H26F3NO5/c1-14(2)23(33)17-11-19(24-20(12-17)26(3,4)13-35-24)18-10-15(5-7-21(18)36-27(28,29)30)9-16-6-8-22(32)31-25(16)34/h5,7,9-12,14H,6,8,13H2,1-4H3,(H,31,32,34)/b16-9+. The van der Waals surface area contributed by atoms with Crippen LogP contribution in [0.2, 0.25) is 0 Å². The van der Waals surface area contributed by atoms with Crippen LogP contribution in [0.25, 0.3) is 17.2 Å². The van der Waals surface area contributed by atoms with E-state index in [4.69, 9.17) is 4.74 Å². The molecular weight excluding hydrogens is 475 g/mol. The maximum Gasteiger partial charge on any atom is 0.573 e. The fourth-order valence-corrected chi connectivity index (χ4v) is 4.32. The van der Waals surface area contributed by atoms with Gasteiger partial charge in [-0.1, -0.05) is 33.8 Å². The Morgan fingerprint density at radius 1 is 1.11 bits per heavy atom. The quantitative estimate of drug-likeness (QED) is 0.329. The number of imide groups is 1. The van der Waals surface area contributed by atoms with Crippen LogP contribution < -0.4 is 14.8 Å². The van der Waals surface area contributed by atoms with Crippen molar-refractivity contribution < 1.29 is 37.0 Å². The molecule has 0 unspecified atom stereocenters. The fraction of sp³-hybridized carbons (Fsp3) is 0.370. The zero-order valence-corrected chi connectivity index (χ0v) is 20.3. The zero-order valence-electron chi connectivity index (χ0n) is 20.3. The molecule has 0 bridgehead atoms. The third kappa shape index (κ3) is 5.15. The van der Waals surface area contributed by atoms with Crippen LogP contribution in [0.1, 0.15) is 62.0 Å². The minimum Gasteiger partial charge on any atom is -0.492 e. The number of hydrogen-bond donors (Lipinski definition) is 1. The molecule has 2 aliphatic rings. The first-order chi connectivity index (χ1) is 16.7. The predicted molar refractivity (Wildman–Crippen MR) is 127 cm³/mol. The van der Waals surface area contributed by atoms with E-state index >= 15 is 0 Å². The van der Waals surface area contributed by atoms with E-state index < -0.39 is 23.4 Å². The van der Waals surface area contributed by atoms with Gasteiger partial charge in [0.15, 0.2) is 5.78 Å². The molecule has 0 saturated carbocycles. The third-order valence-electron chi connectivity index (χ3n) is 6.23. The maximum atomic E-state index is 13.3. The molecule has 0 spiro atoms. The number of ether oxygens (including phenoxy) is 2. The van der Waals surface area contributed by atoms with E-state index in [0.29, 0.717) is 34.6 Å². The summed E-state index contributed by atoms with van der Waals surface area (Å²) in [5.74, 6) is -1.47. The molecule has 2 heterocycles. The van der Waals surface area contributed by atoms with E-state index in [-0.39, 0.29) is 36.0 Å². The number of halogens is 3. The summed E-state index contributed by atoms with van der Waals surface area (Å²) in [6.07, 6.45) is -3.08. The summed E-state index contributed by atoms with van der Waals surface area (Å²) in [4.78, 5) is 36.6. The SMILES string of the molecule is CC(C)C(=O)c1cc(-c2cc(/C=C3\CCC(=O)NC3=O)ccc2OC(F)(F)F)c2c(c1)C(C)(C)CO2. The van der Waals surface area contributed by atoms with E-state index in [1.807, 2.05) is 13.8 Å². The smallest absolute Gasteiger partial charge is 0.492 e. The number of rotatable bonds is 5. The van der Waals surface area contributed by atoms with Gasteiger partial charge in [-0.25, -0.2) is 0 Å². The Morgan fingerprint density at radius 2 is 1.83 bits per heavy atom. The Morgan fingerprint density at radius 3 is 2.47 bits per heavy atom. The van der Waals surface area contributed by atoms with Crippen LogP contribution >= 0.6 is 0 Å². The van der Waals surface area contributed by atoms with Crippen molar-refractivity contribution in [2.75, 3.05) is 6.61 Å². The molecule has 0 aliphatic carbocycles. The van der Waals surface area contributed by atoms with Crippen molar-refractivity contribution in [2.45, 2.75) is 52.3 Å². The second-order valence-electron chi connectivity index (χ2n) is 9.94. The van der Waals surface area contributed by atoms with Crippen molar-refractivity contribution in [3.05, 3.63) is 52.6 Å². The second kappa shape index (κ2) is 9.11. The molecule has 1 saturated heterocycles. The van der Waals surface area contributed by atoms with Crippen molar-refractivity contribution in [2.24, 2.45) is 5.92 Å². The third-order valence-corrected chi connectivity index (χ3v) is 6.23. The molecule has 9 heteroatoms. The summed E-state index contributed by atoms with van der Waals surface area (Å²) in [5, 5.41) is 2.23. The summed E-state index contributed by atoms with van der Waals surface area (Å²) in [6, 6.07) is 7.31. The van der Waals surface area contributed by atoms with E-state index in [1.165, 1.54) is 30.3 Å². The zero-order chi connectivity index (χ0) is 26.4. The molecule has 36 heavy (non-hydrogen) atoms. The van der Waals surface area contributed by atoms with Crippen LogP contribution in [0.15, 0.2) is 35.9 Å². The van der Waals surface area contributed by atoms with Crippen molar-refractivity contribution in [3.8, 4) is 22.6 Å². The highest BCUT2D eigenvalue weighted by molar-refractivity contribution is 6.09. The fourth-order valence-electron chi connectivity index (χ4n) is 4.32. The van der Waals surface area contributed by atoms with E-state index in [0.717, 1.165) is 5.56 Å². The summed E-state index contributed by atoms with van der Waals surface area (Å²) >= 11 is 0. The number of ketones is 1. The number of nitrogens with one attached hydrogen (secondary N) is 1. The van der Waals surface area contributed by atoms with Gasteiger partial charge in [0.25, 0.3) is 5.91 Å². The van der Waals surface area contributed by atoms with Gasteiger partial charge < -0.3 is 9.47 Å². The average Bonchev–Trinajstić information content (AvgIpc) is 3.09. The number of alkyl halides is 3. The number of Topliss-reactive ketones (excluding diaryl/α,β-unsaturated/α-hetero) is 1. The molecule has 2 aliphatic heterocycles. The van der Waals surface area contributed by atoms with E-state index in [2.05, 4.69) is 10.1 Å². The molecule has 2 amide bonds. The Labute approximate surface area is 206 Å². The van der Waals surface area contributed by atoms with Gasteiger partial charge in [-0.05, 0) is 42.3 Å². The summed E-state index contributed by atoms with van der Waals surface area (Å²) in [7, 11) is 0. The van der Waals surface area contributed by atoms with Crippen molar-refractivity contribution in [1.82, 2.24) is 5.32 Å². The van der Waals surface area contributed by atoms with E-state index in [9.17, 15) is 27.6 Å². The molecule has 1 fully saturated rings. The first-order valence-electron chi connectivity index (χ1n) is 11.6. The number of hydrogen-bond acceptors (Lipinski definition) is 5. The molecule has 4 rings (SSSR count). The molecule has 0 radical (unpaired) electrons. The number of carbonyl (C=O) groups excluding carboxylic acids is 3. The first-order valence-corrected chi connectivity index (χ1v) is 11.6. The number of piperidine rings is 1. The average molecular weight is 502 g/mol. The minimum absolute atomic E-state index is 0.0707. The van der Waals surface area contributed by atoms with Gasteiger partial charge in [-0.3, -0.25) is 19.7 Å². The minimum atomic E-state index is -4.95. The van der Waals surface area contributed by atoms with Gasteiger partial charge >= 0.3 is 6.36 Å². The normalized spacial score (nSPS) is 18.2. The van der Waals surface area contributed by atoms with Crippen LogP contribution in [0.5, 0.6) is 11.5 Å². The largest absolute Gasteiger partial charge is 0.573 e. The Bertz CT molecular complexity index is 1290. The van der Waals surface area contributed by atoms with Crippen LogP contribution in [0.4, 0.5) is 13.2 Å². The van der Waals surface area contributed by atoms with Gasteiger partial charge in [0, 0.05) is 45.6 Å². The lowest BCUT2D eigenvalue weighted by atomic mass is 9.82. The van der Waals surface area contributed by atoms with Crippen LogP contribution in [-0.4, -0.2) is 30.6 Å². The van der Waals surface area contributed by atoms with Gasteiger partial charge in [0.1, 0.15) is 11.5 Å². The lowest BCUT2D eigenvalue weighted by Crippen LogP contribution is -2.35. The summed E-state index contributed by atoms with van der Waals surface area (Å²) in [6.45, 7) is 7.66. The van der Waals surface area contributed by atoms with Crippen molar-refractivity contribution >= 4 is 23.7 Å². The lowest BCUT2D eigenvalue weighted by Gasteiger charge is -2.20. The number of amides is 2. The highest BCUT2D eigenvalue weighted by atomic mass is 19.4. The Balaban J connectivity index is 1.93. The van der Waals surface area contributed by atoms with Gasteiger partial charge in [-0.15, -0.1) is 13.2 Å². The monoisotopic (exact) mass is 501 g/mol. The van der Waals surface area contributed by atoms with Gasteiger partial charge in [0.2, 0.25) is 5.91 Å². The van der Waals surface area contributed by atoms with Gasteiger partial charge in [-0.2, -0.15) is 0 Å². The Hall–Kier alpha value is -3.62. The highest BCUT2D eigenvalue weighted by Gasteiger charge is 2.37. The van der Waals surface area contributed by atoms with Crippen molar-refractivity contribution in [1.29, 1.82) is 0 Å². The van der Waals surface area contributed by atoms with Crippen LogP contribution in [0, 0.1) is 5.92 Å². The maximum absolute atomic E-state index is 13.3. The Kier molecular flexibility index (Phi) is 6.45. The number of benzene rings is 2. The lowest BCUT2D eigenvalue weighted by molar-refractivity contribution is -0.274. The molecule has 190 valence electrons. The molecule has 0 aromatic heterocycles. The summed E-state index contributed by atoms with van der Waals surface area (Å²) in [5.41, 5.74) is 1.75. The molecule has 6 nitrogen and oxygen atoms in total. The number of carbonyl (C=O) groups is 3. The highest BCUT2D eigenvalue weighted by Crippen LogP contribution is 2.48. The molecular formula is C27H26F3NO5. The van der Waals surface area contributed by atoms with E-state index in [1.54, 1.807) is 19.9 Å². The molecule has 2 aromatic rings. The molecule has 0 atom stereocenters. The molecule has 1 N–H and O–H groups in total. The first kappa shape index (κ1) is 25.5. The topological polar surface area (TPSA) is 81.7 Å². The molecule has 2 aromatic carbocycles. The van der Waals surface area contributed by atoms with Gasteiger partial charge in [0.05, 0.1) is 6.61 Å². The predicted octanol–water partition coefficient (Wildman–Crippen LogP) is 5.58.